The molecule has 5 nitrogen and oxygen atoms in total. The number of carbonyl (C=O) groups is 3. The van der Waals surface area contributed by atoms with Gasteiger partial charge in [-0.1, -0.05) is 35.9 Å². The van der Waals surface area contributed by atoms with E-state index < -0.39 is 35.1 Å². The normalized spacial score (nSPS) is 17.4. The van der Waals surface area contributed by atoms with E-state index in [2.05, 4.69) is 10.6 Å². The third-order valence-electron chi connectivity index (χ3n) is 5.42. The minimum atomic E-state index is -1.60. The summed E-state index contributed by atoms with van der Waals surface area (Å²) < 4.78 is 40.2. The molecule has 0 spiro atoms. The van der Waals surface area contributed by atoms with Gasteiger partial charge in [0.1, 0.15) is 5.92 Å². The number of benzene rings is 2. The van der Waals surface area contributed by atoms with Crippen LogP contribution < -0.4 is 10.6 Å². The van der Waals surface area contributed by atoms with Gasteiger partial charge < -0.3 is 10.6 Å². The fourth-order valence-electron chi connectivity index (χ4n) is 3.78. The minimum Gasteiger partial charge on any atom is -0.352 e. The maximum Gasteiger partial charge on any atom is 0.235 e. The van der Waals surface area contributed by atoms with Crippen LogP contribution in [0.5, 0.6) is 0 Å². The van der Waals surface area contributed by atoms with E-state index in [1.807, 2.05) is 18.2 Å². The van der Waals surface area contributed by atoms with E-state index in [4.69, 9.17) is 11.6 Å². The standard InChI is InChI=1S/C25H18ClF3N2O3/c26-17-10-16(6-14-7-19(27)23(29)20(28)8-14)24(33)18(12-17)25(34)30-5-1-2-13-3-4-15-11-22(32)31-21(15)9-13/h1-4,7-10,12,18H,5-6,11H2,(H,30,34)(H,31,32)/b2-1+. The number of fused-ring (bicyclic) bond motifs is 1. The van der Waals surface area contributed by atoms with Gasteiger partial charge in [-0.3, -0.25) is 14.4 Å². The lowest BCUT2D eigenvalue weighted by molar-refractivity contribution is -0.130. The summed E-state index contributed by atoms with van der Waals surface area (Å²) in [5.41, 5.74) is 2.62. The van der Waals surface area contributed by atoms with E-state index in [0.29, 0.717) is 6.42 Å². The van der Waals surface area contributed by atoms with Gasteiger partial charge in [-0.2, -0.15) is 0 Å². The van der Waals surface area contributed by atoms with Crippen LogP contribution in [0.2, 0.25) is 0 Å². The number of Topliss-reactive ketones (excluding diaryl/α,β-unsaturated/α-hetero) is 1. The molecule has 0 saturated heterocycles. The number of carbonyl (C=O) groups excluding carboxylic acids is 3. The number of amides is 2. The SMILES string of the molecule is O=C1Cc2ccc(/C=C/CNC(=O)C3C=C(Cl)C=C(Cc4cc(F)c(F)c(F)c4)C3=O)cc2N1. The van der Waals surface area contributed by atoms with Crippen LogP contribution in [0.15, 0.2) is 59.2 Å². The molecule has 1 unspecified atom stereocenters. The second-order valence-corrected chi connectivity index (χ2v) is 8.34. The zero-order valence-electron chi connectivity index (χ0n) is 17.6. The van der Waals surface area contributed by atoms with Crippen molar-refractivity contribution in [3.8, 4) is 0 Å². The maximum absolute atomic E-state index is 13.5. The Kier molecular flexibility index (Phi) is 6.70. The molecule has 0 bridgehead atoms. The number of nitrogens with one attached hydrogen (secondary N) is 2. The van der Waals surface area contributed by atoms with Gasteiger partial charge in [-0.15, -0.1) is 0 Å². The minimum absolute atomic E-state index is 0.0370. The molecule has 0 saturated carbocycles. The van der Waals surface area contributed by atoms with Gasteiger partial charge in [0.25, 0.3) is 0 Å². The van der Waals surface area contributed by atoms with Gasteiger partial charge in [0.2, 0.25) is 11.8 Å². The van der Waals surface area contributed by atoms with Crippen molar-refractivity contribution in [3.63, 3.8) is 0 Å². The Hall–Kier alpha value is -3.65. The van der Waals surface area contributed by atoms with Gasteiger partial charge in [0.15, 0.2) is 23.2 Å². The molecule has 2 aliphatic rings. The number of halogens is 4. The van der Waals surface area contributed by atoms with Crippen LogP contribution in [-0.2, 0) is 27.2 Å². The van der Waals surface area contributed by atoms with Crippen LogP contribution in [0.4, 0.5) is 18.9 Å². The summed E-state index contributed by atoms with van der Waals surface area (Å²) in [6.07, 6.45) is 6.20. The van der Waals surface area contributed by atoms with Crippen molar-refractivity contribution in [2.24, 2.45) is 5.92 Å². The molecule has 0 aromatic heterocycles. The van der Waals surface area contributed by atoms with Crippen molar-refractivity contribution in [2.75, 3.05) is 11.9 Å². The molecule has 9 heteroatoms. The first-order valence-electron chi connectivity index (χ1n) is 10.3. The Morgan fingerprint density at radius 2 is 1.88 bits per heavy atom. The lowest BCUT2D eigenvalue weighted by Crippen LogP contribution is -2.36. The van der Waals surface area contributed by atoms with E-state index in [1.54, 1.807) is 12.2 Å². The summed E-state index contributed by atoms with van der Waals surface area (Å²) in [4.78, 5) is 36.8. The molecule has 1 aliphatic carbocycles. The van der Waals surface area contributed by atoms with Crippen LogP contribution in [0.3, 0.4) is 0 Å². The van der Waals surface area contributed by atoms with Crippen molar-refractivity contribution in [1.82, 2.24) is 5.32 Å². The largest absolute Gasteiger partial charge is 0.352 e. The summed E-state index contributed by atoms with van der Waals surface area (Å²) in [7, 11) is 0. The molecule has 2 amide bonds. The van der Waals surface area contributed by atoms with E-state index >= 15 is 0 Å². The van der Waals surface area contributed by atoms with Crippen molar-refractivity contribution in [1.29, 1.82) is 0 Å². The lowest BCUT2D eigenvalue weighted by atomic mass is 9.88. The second-order valence-electron chi connectivity index (χ2n) is 7.90. The summed E-state index contributed by atoms with van der Waals surface area (Å²) >= 11 is 6.07. The molecule has 1 aliphatic heterocycles. The third-order valence-corrected chi connectivity index (χ3v) is 5.66. The zero-order chi connectivity index (χ0) is 24.4. The van der Waals surface area contributed by atoms with Crippen LogP contribution in [-0.4, -0.2) is 24.1 Å². The monoisotopic (exact) mass is 486 g/mol. The summed E-state index contributed by atoms with van der Waals surface area (Å²) in [5, 5.41) is 5.52. The molecule has 1 atom stereocenters. The van der Waals surface area contributed by atoms with Crippen LogP contribution in [0, 0.1) is 23.4 Å². The van der Waals surface area contributed by atoms with Gasteiger partial charge >= 0.3 is 0 Å². The van der Waals surface area contributed by atoms with Crippen molar-refractivity contribution in [2.45, 2.75) is 12.8 Å². The Morgan fingerprint density at radius 3 is 2.62 bits per heavy atom. The Balaban J connectivity index is 1.37. The van der Waals surface area contributed by atoms with E-state index in [-0.39, 0.29) is 35.0 Å². The van der Waals surface area contributed by atoms with Gasteiger partial charge in [-0.25, -0.2) is 13.2 Å². The number of rotatable bonds is 6. The van der Waals surface area contributed by atoms with Gasteiger partial charge in [0, 0.05) is 29.3 Å². The van der Waals surface area contributed by atoms with E-state index in [9.17, 15) is 27.6 Å². The zero-order valence-corrected chi connectivity index (χ0v) is 18.4. The summed E-state index contributed by atoms with van der Waals surface area (Å²) in [6, 6.07) is 7.12. The first-order chi connectivity index (χ1) is 16.2. The molecule has 1 heterocycles. The molecule has 2 aromatic carbocycles. The summed E-state index contributed by atoms with van der Waals surface area (Å²) in [5.74, 6) is -6.75. The molecular weight excluding hydrogens is 469 g/mol. The summed E-state index contributed by atoms with van der Waals surface area (Å²) in [6.45, 7) is 0.130. The Bertz CT molecular complexity index is 1280. The number of anilines is 1. The molecule has 4 rings (SSSR count). The smallest absolute Gasteiger partial charge is 0.235 e. The molecule has 0 fully saturated rings. The third kappa shape index (κ3) is 5.12. The number of ketones is 1. The lowest BCUT2D eigenvalue weighted by Gasteiger charge is -2.18. The molecule has 2 N–H and O–H groups in total. The Labute approximate surface area is 198 Å². The topological polar surface area (TPSA) is 75.3 Å². The maximum atomic E-state index is 13.5. The van der Waals surface area contributed by atoms with E-state index in [0.717, 1.165) is 28.9 Å². The average molecular weight is 487 g/mol. The van der Waals surface area contributed by atoms with Crippen LogP contribution in [0.25, 0.3) is 6.08 Å². The quantitative estimate of drug-likeness (QED) is 0.474. The Morgan fingerprint density at radius 1 is 1.15 bits per heavy atom. The predicted molar refractivity (Wildman–Crippen MR) is 121 cm³/mol. The number of hydrogen-bond acceptors (Lipinski definition) is 3. The molecule has 0 radical (unpaired) electrons. The highest BCUT2D eigenvalue weighted by molar-refractivity contribution is 6.33. The highest BCUT2D eigenvalue weighted by atomic mass is 35.5. The molecule has 2 aromatic rings. The number of allylic oxidation sites excluding steroid dienone is 3. The first kappa shape index (κ1) is 23.5. The van der Waals surface area contributed by atoms with Crippen molar-refractivity contribution >= 4 is 41.0 Å². The van der Waals surface area contributed by atoms with Crippen LogP contribution in [0.1, 0.15) is 16.7 Å². The highest BCUT2D eigenvalue weighted by Crippen LogP contribution is 2.26. The van der Waals surface area contributed by atoms with Gasteiger partial charge in [-0.05, 0) is 47.0 Å². The van der Waals surface area contributed by atoms with Crippen LogP contribution >= 0.6 is 11.6 Å². The van der Waals surface area contributed by atoms with Crippen molar-refractivity contribution < 1.29 is 27.6 Å². The predicted octanol–water partition coefficient (Wildman–Crippen LogP) is 4.22. The van der Waals surface area contributed by atoms with E-state index in [1.165, 1.54) is 12.2 Å². The fourth-order valence-corrected chi connectivity index (χ4v) is 4.04. The molecule has 34 heavy (non-hydrogen) atoms. The average Bonchev–Trinajstić information content (AvgIpc) is 3.16. The van der Waals surface area contributed by atoms with Crippen molar-refractivity contribution in [3.05, 3.63) is 93.3 Å². The van der Waals surface area contributed by atoms with Gasteiger partial charge in [0.05, 0.1) is 6.42 Å². The second kappa shape index (κ2) is 9.69. The highest BCUT2D eigenvalue weighted by Gasteiger charge is 2.30. The number of hydrogen-bond donors (Lipinski definition) is 2. The first-order valence-corrected chi connectivity index (χ1v) is 10.7. The molecular formula is C25H18ClF3N2O3. The molecule has 174 valence electrons. The fraction of sp³-hybridized carbons (Fsp3) is 0.160.